The molecule has 4 saturated carbocycles. The fourth-order valence-corrected chi connectivity index (χ4v) is 7.71. The molecule has 0 radical (unpaired) electrons. The van der Waals surface area contributed by atoms with Gasteiger partial charge in [-0.25, -0.2) is 0 Å². The van der Waals surface area contributed by atoms with E-state index in [0.717, 1.165) is 0 Å². The van der Waals surface area contributed by atoms with E-state index < -0.39 is 58.0 Å². The van der Waals surface area contributed by atoms with Gasteiger partial charge in [-0.05, 0) is 43.6 Å². The van der Waals surface area contributed by atoms with Crippen molar-refractivity contribution < 1.29 is 34.8 Å². The molecule has 1 spiro atoms. The number of esters is 1. The third-order valence-corrected chi connectivity index (χ3v) is 8.57. The van der Waals surface area contributed by atoms with Gasteiger partial charge in [0.1, 0.15) is 11.0 Å². The van der Waals surface area contributed by atoms with Gasteiger partial charge < -0.3 is 25.2 Å². The first-order valence-electron chi connectivity index (χ1n) is 9.26. The number of rotatable bonds is 1. The van der Waals surface area contributed by atoms with Crippen molar-refractivity contribution in [2.45, 2.75) is 62.4 Å². The van der Waals surface area contributed by atoms with Gasteiger partial charge in [-0.1, -0.05) is 6.58 Å². The lowest BCUT2D eigenvalue weighted by Crippen LogP contribution is -2.59. The van der Waals surface area contributed by atoms with E-state index in [-0.39, 0.29) is 12.3 Å². The van der Waals surface area contributed by atoms with Crippen LogP contribution in [0.25, 0.3) is 0 Å². The first-order chi connectivity index (χ1) is 12.0. The van der Waals surface area contributed by atoms with Gasteiger partial charge in [-0.3, -0.25) is 9.59 Å². The van der Waals surface area contributed by atoms with E-state index >= 15 is 0 Å². The van der Waals surface area contributed by atoms with Crippen LogP contribution >= 0.6 is 0 Å². The molecule has 4 bridgehead atoms. The summed E-state index contributed by atoms with van der Waals surface area (Å²) >= 11 is 0. The molecule has 7 heteroatoms. The van der Waals surface area contributed by atoms with Crippen LogP contribution < -0.4 is 0 Å². The van der Waals surface area contributed by atoms with Gasteiger partial charge in [0, 0.05) is 18.3 Å². The van der Waals surface area contributed by atoms with Gasteiger partial charge in [-0.15, -0.1) is 0 Å². The molecule has 5 aliphatic rings. The third kappa shape index (κ3) is 1.43. The van der Waals surface area contributed by atoms with Crippen LogP contribution in [0.4, 0.5) is 0 Å². The quantitative estimate of drug-likeness (QED) is 0.388. The average molecular weight is 364 g/mol. The number of carbonyl (C=O) groups is 2. The van der Waals surface area contributed by atoms with Crippen molar-refractivity contribution in [2.24, 2.45) is 28.6 Å². The first-order valence-corrected chi connectivity index (χ1v) is 9.26. The lowest BCUT2D eigenvalue weighted by Gasteiger charge is -2.47. The van der Waals surface area contributed by atoms with Crippen molar-refractivity contribution in [1.82, 2.24) is 0 Å². The predicted molar refractivity (Wildman–Crippen MR) is 86.7 cm³/mol. The molecule has 0 aromatic rings. The van der Waals surface area contributed by atoms with Crippen LogP contribution in [0.2, 0.25) is 0 Å². The summed E-state index contributed by atoms with van der Waals surface area (Å²) in [4.78, 5) is 25.2. The van der Waals surface area contributed by atoms with Gasteiger partial charge in [0.25, 0.3) is 0 Å². The zero-order valence-electron chi connectivity index (χ0n) is 14.6. The molecule has 7 nitrogen and oxygen atoms in total. The molecule has 1 saturated heterocycles. The molecule has 142 valence electrons. The van der Waals surface area contributed by atoms with Crippen LogP contribution in [0, 0.1) is 28.6 Å². The van der Waals surface area contributed by atoms with Gasteiger partial charge in [0.2, 0.25) is 0 Å². The van der Waals surface area contributed by atoms with Gasteiger partial charge >= 0.3 is 11.9 Å². The van der Waals surface area contributed by atoms with Crippen molar-refractivity contribution in [1.29, 1.82) is 0 Å². The van der Waals surface area contributed by atoms with Crippen LogP contribution in [0.3, 0.4) is 0 Å². The maximum absolute atomic E-state index is 12.8. The van der Waals surface area contributed by atoms with E-state index in [4.69, 9.17) is 4.74 Å². The highest BCUT2D eigenvalue weighted by molar-refractivity contribution is 5.85. The van der Waals surface area contributed by atoms with Crippen molar-refractivity contribution in [3.63, 3.8) is 0 Å². The standard InChI is InChI=1S/C19H24O7/c1-8-5-17-7-18(8,25)4-3-10(17)19-6-9(20)13(21)16(2,15(24)26-19)12(19)11(17)14(22)23/h9-13,20-21,25H,1,3-7H2,2H3,(H,22,23)/t9-,10+,11+,12+,13-,16?,17-,18-,19+/m0/s1. The number of aliphatic carboxylic acids is 1. The summed E-state index contributed by atoms with van der Waals surface area (Å²) in [6, 6.07) is 0. The van der Waals surface area contributed by atoms with Crippen LogP contribution in [-0.4, -0.2) is 55.8 Å². The van der Waals surface area contributed by atoms with Crippen molar-refractivity contribution in [3.8, 4) is 0 Å². The van der Waals surface area contributed by atoms with Gasteiger partial charge in [0.05, 0.1) is 23.7 Å². The summed E-state index contributed by atoms with van der Waals surface area (Å²) in [7, 11) is 0. The smallest absolute Gasteiger partial charge is 0.315 e. The highest BCUT2D eigenvalue weighted by atomic mass is 16.6. The Morgan fingerprint density at radius 2 is 2.04 bits per heavy atom. The maximum Gasteiger partial charge on any atom is 0.315 e. The number of carboxylic acid groups (broad SMARTS) is 1. The number of hydrogen-bond donors (Lipinski definition) is 4. The summed E-state index contributed by atoms with van der Waals surface area (Å²) in [5, 5.41) is 42.2. The van der Waals surface area contributed by atoms with E-state index in [1.165, 1.54) is 6.92 Å². The Morgan fingerprint density at radius 1 is 1.35 bits per heavy atom. The molecule has 5 rings (SSSR count). The number of aliphatic hydroxyl groups excluding tert-OH is 2. The largest absolute Gasteiger partial charge is 0.481 e. The fourth-order valence-electron chi connectivity index (χ4n) is 7.71. The van der Waals surface area contributed by atoms with Crippen molar-refractivity contribution in [2.75, 3.05) is 0 Å². The van der Waals surface area contributed by atoms with E-state index in [1.807, 2.05) is 0 Å². The Hall–Kier alpha value is -1.44. The second kappa shape index (κ2) is 4.34. The van der Waals surface area contributed by atoms with Crippen LogP contribution in [-0.2, 0) is 14.3 Å². The second-order valence-electron chi connectivity index (χ2n) is 9.45. The minimum atomic E-state index is -1.46. The number of hydrogen-bond acceptors (Lipinski definition) is 6. The third-order valence-electron chi connectivity index (χ3n) is 8.57. The monoisotopic (exact) mass is 364 g/mol. The summed E-state index contributed by atoms with van der Waals surface area (Å²) in [6.07, 6.45) is -0.827. The lowest BCUT2D eigenvalue weighted by atomic mass is 9.58. The predicted octanol–water partition coefficient (Wildman–Crippen LogP) is 0.222. The number of carboxylic acids is 1. The molecule has 26 heavy (non-hydrogen) atoms. The first kappa shape index (κ1) is 16.7. The molecule has 4 N–H and O–H groups in total. The zero-order valence-corrected chi connectivity index (χ0v) is 14.6. The SMILES string of the molecule is C=C1C[C@]23C[C@@]1(O)CC[C@H]2[C@@]12C[C@H](O)[C@H](O)C(C)(C(=O)O1)[C@H]2[C@@H]3C(=O)O. The van der Waals surface area contributed by atoms with Crippen molar-refractivity contribution >= 4 is 11.9 Å². The minimum Gasteiger partial charge on any atom is -0.481 e. The maximum atomic E-state index is 12.8. The summed E-state index contributed by atoms with van der Waals surface area (Å²) in [6.45, 7) is 5.53. The Balaban J connectivity index is 1.77. The molecular weight excluding hydrogens is 340 g/mol. The molecule has 4 aliphatic carbocycles. The zero-order chi connectivity index (χ0) is 18.9. The fraction of sp³-hybridized carbons (Fsp3) is 0.789. The summed E-state index contributed by atoms with van der Waals surface area (Å²) in [5.74, 6) is -3.58. The highest BCUT2D eigenvalue weighted by Gasteiger charge is 2.85. The lowest BCUT2D eigenvalue weighted by molar-refractivity contribution is -0.165. The van der Waals surface area contributed by atoms with Crippen LogP contribution in [0.1, 0.15) is 39.0 Å². The normalized spacial score (nSPS) is 59.8. The summed E-state index contributed by atoms with van der Waals surface area (Å²) < 4.78 is 5.87. The number of fused-ring (bicyclic) bond motifs is 1. The van der Waals surface area contributed by atoms with Gasteiger partial charge in [-0.2, -0.15) is 0 Å². The summed E-state index contributed by atoms with van der Waals surface area (Å²) in [5.41, 5.74) is -3.74. The Labute approximate surface area is 150 Å². The van der Waals surface area contributed by atoms with E-state index in [2.05, 4.69) is 6.58 Å². The Kier molecular flexibility index (Phi) is 2.79. The molecule has 1 unspecified atom stereocenters. The Bertz CT molecular complexity index is 763. The molecule has 0 aromatic heterocycles. The van der Waals surface area contributed by atoms with Crippen molar-refractivity contribution in [3.05, 3.63) is 12.2 Å². The number of carbonyl (C=O) groups excluding carboxylic acids is 1. The molecule has 9 atom stereocenters. The van der Waals surface area contributed by atoms with Crippen LogP contribution in [0.15, 0.2) is 12.2 Å². The molecule has 1 aliphatic heterocycles. The number of aliphatic hydroxyl groups is 3. The molecule has 0 aromatic carbocycles. The number of ether oxygens (including phenoxy) is 1. The van der Waals surface area contributed by atoms with Crippen LogP contribution in [0.5, 0.6) is 0 Å². The topological polar surface area (TPSA) is 124 Å². The molecule has 5 fully saturated rings. The van der Waals surface area contributed by atoms with E-state index in [1.54, 1.807) is 0 Å². The van der Waals surface area contributed by atoms with Gasteiger partial charge in [0.15, 0.2) is 0 Å². The average Bonchev–Trinajstić information content (AvgIpc) is 2.96. The molecular formula is C19H24O7. The molecule has 1 heterocycles. The van der Waals surface area contributed by atoms with E-state index in [9.17, 15) is 30.0 Å². The second-order valence-corrected chi connectivity index (χ2v) is 9.45. The minimum absolute atomic E-state index is 0.0429. The Morgan fingerprint density at radius 3 is 2.69 bits per heavy atom. The molecule has 0 amide bonds. The highest BCUT2D eigenvalue weighted by Crippen LogP contribution is 2.78. The van der Waals surface area contributed by atoms with E-state index in [0.29, 0.717) is 31.3 Å².